The second kappa shape index (κ2) is 5.93. The first kappa shape index (κ1) is 14.8. The first-order valence-electron chi connectivity index (χ1n) is 6.11. The third-order valence-corrected chi connectivity index (χ3v) is 4.80. The molecular formula is C15H9Cl3N2S. The predicted molar refractivity (Wildman–Crippen MR) is 90.5 cm³/mol. The molecule has 21 heavy (non-hydrogen) atoms. The Morgan fingerprint density at radius 2 is 1.57 bits per heavy atom. The number of hydrogen-bond acceptors (Lipinski definition) is 3. The number of thiophene rings is 1. The Balaban J connectivity index is 2.15. The lowest BCUT2D eigenvalue weighted by atomic mass is 10.1. The van der Waals surface area contributed by atoms with Crippen LogP contribution in [-0.2, 0) is 0 Å². The van der Waals surface area contributed by atoms with Crippen molar-refractivity contribution >= 4 is 46.1 Å². The zero-order valence-corrected chi connectivity index (χ0v) is 14.0. The summed E-state index contributed by atoms with van der Waals surface area (Å²) in [6.07, 6.45) is 0. The third-order valence-electron chi connectivity index (χ3n) is 2.92. The highest BCUT2D eigenvalue weighted by Crippen LogP contribution is 2.38. The first-order valence-corrected chi connectivity index (χ1v) is 8.06. The van der Waals surface area contributed by atoms with Crippen molar-refractivity contribution in [3.05, 3.63) is 56.6 Å². The van der Waals surface area contributed by atoms with E-state index in [-0.39, 0.29) is 0 Å². The van der Waals surface area contributed by atoms with Gasteiger partial charge in [-0.2, -0.15) is 0 Å². The van der Waals surface area contributed by atoms with Crippen molar-refractivity contribution < 1.29 is 0 Å². The van der Waals surface area contributed by atoms with Gasteiger partial charge < -0.3 is 0 Å². The molecule has 0 spiro atoms. The van der Waals surface area contributed by atoms with Crippen LogP contribution >= 0.6 is 46.1 Å². The van der Waals surface area contributed by atoms with E-state index in [0.717, 1.165) is 10.4 Å². The summed E-state index contributed by atoms with van der Waals surface area (Å²) in [4.78, 5) is 10.8. The van der Waals surface area contributed by atoms with Crippen molar-refractivity contribution in [3.63, 3.8) is 0 Å². The maximum Gasteiger partial charge on any atom is 0.172 e. The lowest BCUT2D eigenvalue weighted by Gasteiger charge is -2.09. The van der Waals surface area contributed by atoms with Gasteiger partial charge in [-0.05, 0) is 25.1 Å². The van der Waals surface area contributed by atoms with Crippen LogP contribution in [0.1, 0.15) is 4.88 Å². The van der Waals surface area contributed by atoms with E-state index in [1.807, 2.05) is 37.3 Å². The monoisotopic (exact) mass is 354 g/mol. The lowest BCUT2D eigenvalue weighted by Crippen LogP contribution is -1.94. The summed E-state index contributed by atoms with van der Waals surface area (Å²) in [6, 6.07) is 11.3. The third kappa shape index (κ3) is 2.92. The van der Waals surface area contributed by atoms with Crippen LogP contribution in [-0.4, -0.2) is 9.97 Å². The summed E-state index contributed by atoms with van der Waals surface area (Å²) in [6.45, 7) is 2.02. The number of hydrogen-bond donors (Lipinski definition) is 0. The van der Waals surface area contributed by atoms with E-state index in [0.29, 0.717) is 26.7 Å². The Hall–Kier alpha value is -1.13. The number of aryl methyl sites for hydroxylation is 1. The minimum Gasteiger partial charge on any atom is -0.215 e. The van der Waals surface area contributed by atoms with Gasteiger partial charge in [0.2, 0.25) is 0 Å². The van der Waals surface area contributed by atoms with Crippen LogP contribution in [0.5, 0.6) is 0 Å². The van der Waals surface area contributed by atoms with Crippen LogP contribution in [0.3, 0.4) is 0 Å². The molecule has 6 heteroatoms. The fraction of sp³-hybridized carbons (Fsp3) is 0.0667. The van der Waals surface area contributed by atoms with Gasteiger partial charge in [-0.25, -0.2) is 9.97 Å². The van der Waals surface area contributed by atoms with E-state index in [4.69, 9.17) is 34.8 Å². The molecule has 0 fully saturated rings. The highest BCUT2D eigenvalue weighted by atomic mass is 35.5. The summed E-state index contributed by atoms with van der Waals surface area (Å²) in [5.74, 6) is 0.527. The summed E-state index contributed by atoms with van der Waals surface area (Å²) in [5, 5.41) is 1.15. The van der Waals surface area contributed by atoms with Gasteiger partial charge in [0.15, 0.2) is 5.82 Å². The van der Waals surface area contributed by atoms with Crippen molar-refractivity contribution in [2.45, 2.75) is 6.92 Å². The quantitative estimate of drug-likeness (QED) is 0.516. The van der Waals surface area contributed by atoms with E-state index >= 15 is 0 Å². The van der Waals surface area contributed by atoms with Crippen molar-refractivity contribution in [2.24, 2.45) is 0 Å². The molecule has 2 heterocycles. The molecule has 3 rings (SSSR count). The maximum atomic E-state index is 6.31. The fourth-order valence-electron chi connectivity index (χ4n) is 1.96. The van der Waals surface area contributed by atoms with Crippen LogP contribution in [0, 0.1) is 6.92 Å². The summed E-state index contributed by atoms with van der Waals surface area (Å²) < 4.78 is 0. The first-order chi connectivity index (χ1) is 10.1. The van der Waals surface area contributed by atoms with E-state index in [9.17, 15) is 0 Å². The minimum absolute atomic E-state index is 0.296. The largest absolute Gasteiger partial charge is 0.215 e. The van der Waals surface area contributed by atoms with Gasteiger partial charge in [0.25, 0.3) is 0 Å². The molecule has 0 bridgehead atoms. The van der Waals surface area contributed by atoms with Gasteiger partial charge >= 0.3 is 0 Å². The van der Waals surface area contributed by atoms with E-state index in [2.05, 4.69) is 9.97 Å². The minimum atomic E-state index is 0.296. The van der Waals surface area contributed by atoms with E-state index in [1.165, 1.54) is 4.88 Å². The molecule has 0 amide bonds. The summed E-state index contributed by atoms with van der Waals surface area (Å²) >= 11 is 20.4. The molecule has 2 aromatic heterocycles. The molecule has 3 aromatic rings. The van der Waals surface area contributed by atoms with Crippen LogP contribution in [0.4, 0.5) is 0 Å². The molecule has 0 aliphatic carbocycles. The number of aromatic nitrogens is 2. The number of halogens is 3. The topological polar surface area (TPSA) is 25.8 Å². The van der Waals surface area contributed by atoms with Crippen LogP contribution in [0.2, 0.25) is 15.3 Å². The maximum absolute atomic E-state index is 6.31. The molecule has 0 saturated heterocycles. The van der Waals surface area contributed by atoms with E-state index < -0.39 is 0 Å². The number of benzene rings is 1. The highest BCUT2D eigenvalue weighted by Gasteiger charge is 2.17. The predicted octanol–water partition coefficient (Wildman–Crippen LogP) is 6.14. The van der Waals surface area contributed by atoms with Crippen molar-refractivity contribution in [3.8, 4) is 21.8 Å². The van der Waals surface area contributed by atoms with Gasteiger partial charge in [-0.1, -0.05) is 53.0 Å². The van der Waals surface area contributed by atoms with Crippen molar-refractivity contribution in [2.75, 3.05) is 0 Å². The number of nitrogens with zero attached hydrogens (tertiary/aromatic N) is 2. The summed E-state index contributed by atoms with van der Waals surface area (Å²) in [5.41, 5.74) is 1.28. The Morgan fingerprint density at radius 1 is 0.905 bits per heavy atom. The zero-order chi connectivity index (χ0) is 15.0. The lowest BCUT2D eigenvalue weighted by molar-refractivity contribution is 1.19. The van der Waals surface area contributed by atoms with Gasteiger partial charge in [0.1, 0.15) is 10.3 Å². The second-order valence-corrected chi connectivity index (χ2v) is 6.81. The smallest absolute Gasteiger partial charge is 0.172 e. The molecule has 0 N–H and O–H groups in total. The average molecular weight is 356 g/mol. The molecular weight excluding hydrogens is 347 g/mol. The average Bonchev–Trinajstić information content (AvgIpc) is 2.87. The Kier molecular flexibility index (Phi) is 4.18. The summed E-state index contributed by atoms with van der Waals surface area (Å²) in [7, 11) is 0. The number of rotatable bonds is 2. The molecule has 106 valence electrons. The molecule has 0 aliphatic rings. The van der Waals surface area contributed by atoms with Crippen molar-refractivity contribution in [1.82, 2.24) is 9.97 Å². The van der Waals surface area contributed by atoms with Crippen molar-refractivity contribution in [1.29, 1.82) is 0 Å². The van der Waals surface area contributed by atoms with Gasteiger partial charge in [-0.15, -0.1) is 11.3 Å². The van der Waals surface area contributed by atoms with Gasteiger partial charge in [0.05, 0.1) is 10.4 Å². The standard InChI is InChI=1S/C15H9Cl3N2S/c1-8-6-7-11(21-8)15-19-13(17)12(14(18)20-15)9-4-2-3-5-10(9)16/h2-7H,1H3. The molecule has 0 radical (unpaired) electrons. The molecule has 0 aliphatic heterocycles. The van der Waals surface area contributed by atoms with Crippen LogP contribution in [0.15, 0.2) is 36.4 Å². The Labute approximate surface area is 141 Å². The SMILES string of the molecule is Cc1ccc(-c2nc(Cl)c(-c3ccccc3Cl)c(Cl)n2)s1. The van der Waals surface area contributed by atoms with E-state index in [1.54, 1.807) is 17.4 Å². The molecule has 1 aromatic carbocycles. The normalized spacial score (nSPS) is 10.9. The molecule has 0 saturated carbocycles. The fourth-order valence-corrected chi connectivity index (χ4v) is 3.58. The molecule has 0 atom stereocenters. The van der Waals surface area contributed by atoms with Gasteiger partial charge in [0, 0.05) is 15.5 Å². The highest BCUT2D eigenvalue weighted by molar-refractivity contribution is 7.15. The Bertz CT molecular complexity index is 791. The molecule has 2 nitrogen and oxygen atoms in total. The second-order valence-electron chi connectivity index (χ2n) is 4.39. The molecule has 0 unspecified atom stereocenters. The van der Waals surface area contributed by atoms with Crippen LogP contribution < -0.4 is 0 Å². The van der Waals surface area contributed by atoms with Crippen LogP contribution in [0.25, 0.3) is 21.8 Å². The Morgan fingerprint density at radius 3 is 2.14 bits per heavy atom. The zero-order valence-electron chi connectivity index (χ0n) is 10.9. The van der Waals surface area contributed by atoms with Gasteiger partial charge in [-0.3, -0.25) is 0 Å².